The van der Waals surface area contributed by atoms with E-state index in [2.05, 4.69) is 58.6 Å². The number of nitrogens with zero attached hydrogens (tertiary/aromatic N) is 3. The predicted octanol–water partition coefficient (Wildman–Crippen LogP) is 4.45. The molecule has 0 radical (unpaired) electrons. The molecule has 0 bridgehead atoms. The van der Waals surface area contributed by atoms with Crippen molar-refractivity contribution < 1.29 is 9.59 Å². The van der Waals surface area contributed by atoms with Crippen LogP contribution >= 0.6 is 0 Å². The van der Waals surface area contributed by atoms with Gasteiger partial charge in [0.05, 0.1) is 11.4 Å². The second kappa shape index (κ2) is 12.5. The number of hydrogen-bond donors (Lipinski definition) is 2. The summed E-state index contributed by atoms with van der Waals surface area (Å²) in [6, 6.07) is 24.0. The Morgan fingerprint density at radius 3 is 2.38 bits per heavy atom. The van der Waals surface area contributed by atoms with Gasteiger partial charge in [0, 0.05) is 50.7 Å². The lowest BCUT2D eigenvalue weighted by atomic mass is 10.0. The van der Waals surface area contributed by atoms with Crippen LogP contribution in [0.15, 0.2) is 72.8 Å². The fraction of sp³-hybridized carbons (Fsp3) is 0.375. The Hall–Kier alpha value is -3.68. The van der Waals surface area contributed by atoms with Crippen molar-refractivity contribution in [3.05, 3.63) is 83.9 Å². The number of piperazine rings is 1. The molecule has 5 rings (SSSR count). The van der Waals surface area contributed by atoms with Crippen molar-refractivity contribution in [2.24, 2.45) is 11.7 Å². The average molecular weight is 526 g/mol. The van der Waals surface area contributed by atoms with E-state index in [4.69, 9.17) is 5.73 Å². The Morgan fingerprint density at radius 2 is 1.67 bits per heavy atom. The van der Waals surface area contributed by atoms with Gasteiger partial charge in [0.25, 0.3) is 5.91 Å². The maximum atomic E-state index is 13.2. The summed E-state index contributed by atoms with van der Waals surface area (Å²) in [7, 11) is 2.14. The first kappa shape index (κ1) is 26.9. The van der Waals surface area contributed by atoms with Gasteiger partial charge in [0.15, 0.2) is 0 Å². The normalized spacial score (nSPS) is 15.7. The molecule has 3 N–H and O–H groups in total. The third-order valence-electron chi connectivity index (χ3n) is 7.63. The molecule has 2 fully saturated rings. The highest BCUT2D eigenvalue weighted by atomic mass is 16.2. The molecule has 0 aromatic heterocycles. The van der Waals surface area contributed by atoms with Crippen molar-refractivity contribution in [3.8, 4) is 11.1 Å². The Balaban J connectivity index is 1.42. The number of benzene rings is 3. The summed E-state index contributed by atoms with van der Waals surface area (Å²) in [6.07, 6.45) is 2.79. The molecule has 7 nitrogen and oxygen atoms in total. The molecule has 1 aliphatic carbocycles. The monoisotopic (exact) mass is 525 g/mol. The van der Waals surface area contributed by atoms with E-state index in [1.165, 1.54) is 0 Å². The number of carbonyl (C=O) groups excluding carboxylic acids is 2. The molecule has 0 unspecified atom stereocenters. The lowest BCUT2D eigenvalue weighted by Crippen LogP contribution is -2.44. The van der Waals surface area contributed by atoms with Gasteiger partial charge in [-0.25, -0.2) is 0 Å². The maximum absolute atomic E-state index is 13.2. The molecular formula is C32H39N5O2. The van der Waals surface area contributed by atoms with Crippen LogP contribution in [-0.4, -0.2) is 67.9 Å². The van der Waals surface area contributed by atoms with E-state index >= 15 is 0 Å². The highest BCUT2D eigenvalue weighted by Crippen LogP contribution is 2.34. The van der Waals surface area contributed by atoms with Gasteiger partial charge in [0.2, 0.25) is 5.91 Å². The first-order chi connectivity index (χ1) is 19.0. The first-order valence-electron chi connectivity index (χ1n) is 14.0. The van der Waals surface area contributed by atoms with Crippen LogP contribution in [0.1, 0.15) is 35.2 Å². The predicted molar refractivity (Wildman–Crippen MR) is 158 cm³/mol. The maximum Gasteiger partial charge on any atom is 0.255 e. The highest BCUT2D eigenvalue weighted by molar-refractivity contribution is 6.06. The largest absolute Gasteiger partial charge is 0.367 e. The summed E-state index contributed by atoms with van der Waals surface area (Å²) in [4.78, 5) is 32.7. The first-order valence-corrected chi connectivity index (χ1v) is 14.0. The quantitative estimate of drug-likeness (QED) is 0.409. The summed E-state index contributed by atoms with van der Waals surface area (Å²) in [5.74, 6) is 0.311. The van der Waals surface area contributed by atoms with Crippen LogP contribution in [-0.2, 0) is 11.3 Å². The van der Waals surface area contributed by atoms with Gasteiger partial charge in [0.1, 0.15) is 0 Å². The number of carbonyl (C=O) groups is 2. The van der Waals surface area contributed by atoms with E-state index in [9.17, 15) is 9.59 Å². The Morgan fingerprint density at radius 1 is 0.923 bits per heavy atom. The molecular weight excluding hydrogens is 486 g/mol. The summed E-state index contributed by atoms with van der Waals surface area (Å²) in [5.41, 5.74) is 11.4. The molecule has 204 valence electrons. The van der Waals surface area contributed by atoms with Crippen LogP contribution in [0, 0.1) is 5.92 Å². The van der Waals surface area contributed by atoms with Crippen molar-refractivity contribution in [2.45, 2.75) is 25.8 Å². The second-order valence-electron chi connectivity index (χ2n) is 10.7. The molecule has 1 aliphatic heterocycles. The van der Waals surface area contributed by atoms with Crippen LogP contribution in [0.5, 0.6) is 0 Å². The van der Waals surface area contributed by atoms with Crippen molar-refractivity contribution in [3.63, 3.8) is 0 Å². The second-order valence-corrected chi connectivity index (χ2v) is 10.7. The topological polar surface area (TPSA) is 81.9 Å². The number of nitrogens with two attached hydrogens (primary N) is 1. The molecule has 3 aromatic carbocycles. The van der Waals surface area contributed by atoms with Crippen molar-refractivity contribution >= 4 is 23.2 Å². The highest BCUT2D eigenvalue weighted by Gasteiger charge is 2.33. The Bertz CT molecular complexity index is 1280. The summed E-state index contributed by atoms with van der Waals surface area (Å²) in [6.45, 7) is 5.63. The van der Waals surface area contributed by atoms with E-state index < -0.39 is 0 Å². The standard InChI is InChI=1S/C32H39N5O2/c1-35-17-19-36(20-18-35)30-14-13-28(22-29(30)34-31(38)25-8-3-2-4-9-25)27-10-5-7-24(21-27)23-37(16-6-15-33)32(39)26-11-12-26/h2-5,7-10,13-14,21-22,26H,6,11-12,15-20,23,33H2,1H3,(H,34,38). The lowest BCUT2D eigenvalue weighted by Gasteiger charge is -2.35. The van der Waals surface area contributed by atoms with Gasteiger partial charge in [-0.2, -0.15) is 0 Å². The lowest BCUT2D eigenvalue weighted by molar-refractivity contribution is -0.133. The molecule has 1 saturated carbocycles. The Kier molecular flexibility index (Phi) is 8.59. The number of likely N-dealkylation sites (N-methyl/N-ethyl adjacent to an activating group) is 1. The van der Waals surface area contributed by atoms with Gasteiger partial charge in [-0.1, -0.05) is 42.5 Å². The Labute approximate surface area is 231 Å². The van der Waals surface area contributed by atoms with E-state index in [0.29, 0.717) is 25.2 Å². The summed E-state index contributed by atoms with van der Waals surface area (Å²) >= 11 is 0. The number of rotatable bonds is 10. The van der Waals surface area contributed by atoms with Crippen LogP contribution in [0.25, 0.3) is 11.1 Å². The summed E-state index contributed by atoms with van der Waals surface area (Å²) in [5, 5.41) is 3.19. The van der Waals surface area contributed by atoms with E-state index in [1.807, 2.05) is 41.3 Å². The SMILES string of the molecule is CN1CCN(c2ccc(-c3cccc(CN(CCCN)C(=O)C4CC4)c3)cc2NC(=O)c2ccccc2)CC1. The van der Waals surface area contributed by atoms with Crippen molar-refractivity contribution in [1.82, 2.24) is 9.80 Å². The molecule has 2 amide bonds. The molecule has 1 saturated heterocycles. The van der Waals surface area contributed by atoms with Gasteiger partial charge in [-0.3, -0.25) is 9.59 Å². The molecule has 1 heterocycles. The minimum absolute atomic E-state index is 0.119. The van der Waals surface area contributed by atoms with E-state index in [-0.39, 0.29) is 17.7 Å². The molecule has 39 heavy (non-hydrogen) atoms. The fourth-order valence-electron chi connectivity index (χ4n) is 5.13. The minimum atomic E-state index is -0.119. The van der Waals surface area contributed by atoms with Crippen LogP contribution < -0.4 is 16.0 Å². The van der Waals surface area contributed by atoms with Gasteiger partial charge >= 0.3 is 0 Å². The van der Waals surface area contributed by atoms with Crippen LogP contribution in [0.3, 0.4) is 0 Å². The smallest absolute Gasteiger partial charge is 0.255 e. The third kappa shape index (κ3) is 6.85. The van der Waals surface area contributed by atoms with Gasteiger partial charge in [-0.15, -0.1) is 0 Å². The number of hydrogen-bond acceptors (Lipinski definition) is 5. The number of nitrogens with one attached hydrogen (secondary N) is 1. The fourth-order valence-corrected chi connectivity index (χ4v) is 5.13. The number of amides is 2. The molecule has 7 heteroatoms. The zero-order chi connectivity index (χ0) is 27.2. The number of anilines is 2. The van der Waals surface area contributed by atoms with Gasteiger partial charge in [-0.05, 0) is 79.9 Å². The third-order valence-corrected chi connectivity index (χ3v) is 7.63. The van der Waals surface area contributed by atoms with Crippen molar-refractivity contribution in [2.75, 3.05) is 56.5 Å². The summed E-state index contributed by atoms with van der Waals surface area (Å²) < 4.78 is 0. The molecule has 0 atom stereocenters. The average Bonchev–Trinajstić information content (AvgIpc) is 3.82. The minimum Gasteiger partial charge on any atom is -0.367 e. The van der Waals surface area contributed by atoms with Crippen molar-refractivity contribution in [1.29, 1.82) is 0 Å². The van der Waals surface area contributed by atoms with Crippen LogP contribution in [0.4, 0.5) is 11.4 Å². The molecule has 3 aromatic rings. The van der Waals surface area contributed by atoms with Crippen LogP contribution in [0.2, 0.25) is 0 Å². The zero-order valence-corrected chi connectivity index (χ0v) is 22.8. The van der Waals surface area contributed by atoms with Gasteiger partial charge < -0.3 is 25.8 Å². The molecule has 0 spiro atoms. The van der Waals surface area contributed by atoms with E-state index in [1.54, 1.807) is 0 Å². The molecule has 2 aliphatic rings. The zero-order valence-electron chi connectivity index (χ0n) is 22.8. The van der Waals surface area contributed by atoms with E-state index in [0.717, 1.165) is 73.5 Å².